The Hall–Kier alpha value is -0.0800. The van der Waals surface area contributed by atoms with Gasteiger partial charge in [0.05, 0.1) is 0 Å². The van der Waals surface area contributed by atoms with E-state index in [4.69, 9.17) is 5.73 Å². The number of rotatable bonds is 5. The van der Waals surface area contributed by atoms with Crippen LogP contribution < -0.4 is 11.1 Å². The molecular formula is C6H15N2. The number of nitrogens with one attached hydrogen (secondary N) is 1. The number of hydrogen-bond acceptors (Lipinski definition) is 2. The first-order valence-electron chi connectivity index (χ1n) is 3.17. The van der Waals surface area contributed by atoms with Crippen LogP contribution in [0.1, 0.15) is 19.8 Å². The second-order valence-electron chi connectivity index (χ2n) is 1.74. The van der Waals surface area contributed by atoms with Gasteiger partial charge >= 0.3 is 0 Å². The third-order valence-electron chi connectivity index (χ3n) is 0.866. The lowest BCUT2D eigenvalue weighted by Gasteiger charge is -1.97. The first kappa shape index (κ1) is 7.92. The summed E-state index contributed by atoms with van der Waals surface area (Å²) in [4.78, 5) is 0. The molecule has 0 heterocycles. The molecule has 0 aliphatic carbocycles. The smallest absolute Gasteiger partial charge is 0.0221 e. The Balaban J connectivity index is 2.53. The standard InChI is InChI=1S/C6H15N2/c1-2-3-5-8-6-4-7/h5,8H,2-4,6-7H2,1H3. The molecule has 0 spiro atoms. The molecule has 1 radical (unpaired) electrons. The molecule has 0 fully saturated rings. The van der Waals surface area contributed by atoms with E-state index in [1.165, 1.54) is 6.42 Å². The fraction of sp³-hybridized carbons (Fsp3) is 0.833. The lowest BCUT2D eigenvalue weighted by molar-refractivity contribution is 0.726. The minimum Gasteiger partial charge on any atom is -0.329 e. The van der Waals surface area contributed by atoms with Gasteiger partial charge in [-0.15, -0.1) is 0 Å². The molecule has 0 aromatic rings. The topological polar surface area (TPSA) is 38.0 Å². The van der Waals surface area contributed by atoms with Crippen LogP contribution in [0.25, 0.3) is 0 Å². The molecule has 8 heavy (non-hydrogen) atoms. The summed E-state index contributed by atoms with van der Waals surface area (Å²) in [5, 5.41) is 3.09. The molecule has 0 rings (SSSR count). The van der Waals surface area contributed by atoms with E-state index in [1.54, 1.807) is 0 Å². The van der Waals surface area contributed by atoms with Crippen molar-refractivity contribution in [1.29, 1.82) is 0 Å². The third-order valence-corrected chi connectivity index (χ3v) is 0.866. The normalized spacial score (nSPS) is 9.75. The summed E-state index contributed by atoms with van der Waals surface area (Å²) in [6.07, 6.45) is 2.34. The largest absolute Gasteiger partial charge is 0.329 e. The van der Waals surface area contributed by atoms with Crippen LogP contribution in [0.5, 0.6) is 0 Å². The zero-order chi connectivity index (χ0) is 6.24. The Morgan fingerprint density at radius 3 is 2.88 bits per heavy atom. The molecule has 0 aromatic heterocycles. The Bertz CT molecular complexity index is 31.5. The summed E-state index contributed by atoms with van der Waals surface area (Å²) in [5.74, 6) is 0. The predicted octanol–water partition coefficient (Wildman–Crippen LogP) is 0.497. The van der Waals surface area contributed by atoms with E-state index in [9.17, 15) is 0 Å². The van der Waals surface area contributed by atoms with Gasteiger partial charge < -0.3 is 11.1 Å². The Morgan fingerprint density at radius 2 is 2.38 bits per heavy atom. The van der Waals surface area contributed by atoms with E-state index in [1.807, 2.05) is 0 Å². The second-order valence-corrected chi connectivity index (χ2v) is 1.74. The van der Waals surface area contributed by atoms with Crippen LogP contribution in [0.15, 0.2) is 0 Å². The minimum absolute atomic E-state index is 0.722. The zero-order valence-corrected chi connectivity index (χ0v) is 5.48. The van der Waals surface area contributed by atoms with Crippen molar-refractivity contribution < 1.29 is 0 Å². The highest BCUT2D eigenvalue weighted by molar-refractivity contribution is 4.59. The molecule has 0 amide bonds. The fourth-order valence-corrected chi connectivity index (χ4v) is 0.432. The number of unbranched alkanes of at least 4 members (excludes halogenated alkanes) is 1. The van der Waals surface area contributed by atoms with Gasteiger partial charge in [0.25, 0.3) is 0 Å². The molecule has 2 heteroatoms. The maximum Gasteiger partial charge on any atom is 0.0221 e. The molecule has 0 atom stereocenters. The highest BCUT2D eigenvalue weighted by Crippen LogP contribution is 1.85. The van der Waals surface area contributed by atoms with Crippen molar-refractivity contribution in [3.05, 3.63) is 6.54 Å². The van der Waals surface area contributed by atoms with Crippen LogP contribution in [0.4, 0.5) is 0 Å². The molecule has 2 nitrogen and oxygen atoms in total. The van der Waals surface area contributed by atoms with Crippen molar-refractivity contribution in [2.75, 3.05) is 13.1 Å². The lowest BCUT2D eigenvalue weighted by atomic mass is 10.3. The quantitative estimate of drug-likeness (QED) is 0.512. The second kappa shape index (κ2) is 6.92. The fourth-order valence-electron chi connectivity index (χ4n) is 0.432. The van der Waals surface area contributed by atoms with Crippen molar-refractivity contribution in [3.63, 3.8) is 0 Å². The van der Waals surface area contributed by atoms with E-state index < -0.39 is 0 Å². The predicted molar refractivity (Wildman–Crippen MR) is 36.3 cm³/mol. The van der Waals surface area contributed by atoms with Gasteiger partial charge in [0, 0.05) is 19.6 Å². The summed E-state index contributed by atoms with van der Waals surface area (Å²) < 4.78 is 0. The monoisotopic (exact) mass is 115 g/mol. The van der Waals surface area contributed by atoms with Crippen LogP contribution in [0.2, 0.25) is 0 Å². The zero-order valence-electron chi connectivity index (χ0n) is 5.48. The van der Waals surface area contributed by atoms with Gasteiger partial charge in [-0.25, -0.2) is 0 Å². The average molecular weight is 115 g/mol. The minimum atomic E-state index is 0.722. The summed E-state index contributed by atoms with van der Waals surface area (Å²) in [6, 6.07) is 0. The summed E-state index contributed by atoms with van der Waals surface area (Å²) >= 11 is 0. The van der Waals surface area contributed by atoms with E-state index in [0.717, 1.165) is 19.5 Å². The molecular weight excluding hydrogens is 100 g/mol. The summed E-state index contributed by atoms with van der Waals surface area (Å²) in [5.41, 5.74) is 5.23. The van der Waals surface area contributed by atoms with Crippen molar-refractivity contribution in [2.24, 2.45) is 5.73 Å². The first-order chi connectivity index (χ1) is 3.91. The van der Waals surface area contributed by atoms with Crippen molar-refractivity contribution in [1.82, 2.24) is 5.32 Å². The molecule has 3 N–H and O–H groups in total. The third kappa shape index (κ3) is 5.92. The summed E-state index contributed by atoms with van der Waals surface area (Å²) in [6.45, 7) is 5.84. The molecule has 0 aliphatic heterocycles. The van der Waals surface area contributed by atoms with Crippen LogP contribution >= 0.6 is 0 Å². The molecule has 0 unspecified atom stereocenters. The Kier molecular flexibility index (Phi) is 6.85. The van der Waals surface area contributed by atoms with Gasteiger partial charge in [-0.3, -0.25) is 0 Å². The van der Waals surface area contributed by atoms with E-state index in [-0.39, 0.29) is 0 Å². The van der Waals surface area contributed by atoms with Gasteiger partial charge in [0.1, 0.15) is 0 Å². The number of nitrogens with two attached hydrogens (primary N) is 1. The van der Waals surface area contributed by atoms with Gasteiger partial charge in [-0.2, -0.15) is 0 Å². The molecule has 0 aromatic carbocycles. The highest BCUT2D eigenvalue weighted by Gasteiger charge is 1.81. The first-order valence-corrected chi connectivity index (χ1v) is 3.17. The molecule has 0 saturated heterocycles. The highest BCUT2D eigenvalue weighted by atomic mass is 14.9. The molecule has 0 saturated carbocycles. The van der Waals surface area contributed by atoms with Crippen molar-refractivity contribution in [3.8, 4) is 0 Å². The maximum atomic E-state index is 5.23. The average Bonchev–Trinajstić information content (AvgIpc) is 1.81. The van der Waals surface area contributed by atoms with Gasteiger partial charge in [-0.05, 0) is 6.42 Å². The Morgan fingerprint density at radius 1 is 1.62 bits per heavy atom. The molecule has 49 valence electrons. The molecule has 0 aliphatic rings. The maximum absolute atomic E-state index is 5.23. The van der Waals surface area contributed by atoms with E-state index >= 15 is 0 Å². The van der Waals surface area contributed by atoms with E-state index in [0.29, 0.717) is 0 Å². The van der Waals surface area contributed by atoms with E-state index in [2.05, 4.69) is 18.8 Å². The number of hydrogen-bond donors (Lipinski definition) is 2. The SMILES string of the molecule is CCC[CH]NCCN. The van der Waals surface area contributed by atoms with Crippen LogP contribution in [0.3, 0.4) is 0 Å². The summed E-state index contributed by atoms with van der Waals surface area (Å²) in [7, 11) is 0. The van der Waals surface area contributed by atoms with Crippen LogP contribution in [0, 0.1) is 6.54 Å². The van der Waals surface area contributed by atoms with Crippen LogP contribution in [-0.2, 0) is 0 Å². The molecule has 0 bridgehead atoms. The van der Waals surface area contributed by atoms with Gasteiger partial charge in [0.2, 0.25) is 0 Å². The Labute approximate surface area is 51.5 Å². The van der Waals surface area contributed by atoms with Gasteiger partial charge in [-0.1, -0.05) is 13.3 Å². The van der Waals surface area contributed by atoms with Crippen molar-refractivity contribution in [2.45, 2.75) is 19.8 Å². The van der Waals surface area contributed by atoms with Crippen LogP contribution in [-0.4, -0.2) is 13.1 Å². The van der Waals surface area contributed by atoms with Gasteiger partial charge in [0.15, 0.2) is 0 Å². The van der Waals surface area contributed by atoms with Crippen molar-refractivity contribution >= 4 is 0 Å². The lowest BCUT2D eigenvalue weighted by Crippen LogP contribution is -2.19.